The highest BCUT2D eigenvalue weighted by molar-refractivity contribution is 5.12. The fourth-order valence-corrected chi connectivity index (χ4v) is 8.53. The second-order valence-corrected chi connectivity index (χ2v) is 12.0. The molecule has 0 bridgehead atoms. The van der Waals surface area contributed by atoms with Crippen molar-refractivity contribution in [2.75, 3.05) is 0 Å². The molecule has 1 nitrogen and oxygen atoms in total. The summed E-state index contributed by atoms with van der Waals surface area (Å²) < 4.78 is 0. The minimum Gasteiger partial charge on any atom is -0.393 e. The normalized spacial score (nSPS) is 51.5. The smallest absolute Gasteiger partial charge is 0.0602 e. The van der Waals surface area contributed by atoms with E-state index >= 15 is 0 Å². The Balaban J connectivity index is 1.61. The van der Waals surface area contributed by atoms with Crippen LogP contribution in [0, 0.1) is 45.8 Å². The molecule has 150 valence electrons. The van der Waals surface area contributed by atoms with Gasteiger partial charge in [0.15, 0.2) is 0 Å². The van der Waals surface area contributed by atoms with Gasteiger partial charge in [-0.3, -0.25) is 0 Å². The Kier molecular flexibility index (Phi) is 4.82. The second kappa shape index (κ2) is 6.50. The van der Waals surface area contributed by atoms with Crippen LogP contribution < -0.4 is 0 Å². The Labute approximate surface area is 162 Å². The summed E-state index contributed by atoms with van der Waals surface area (Å²) in [5.41, 5.74) is 1.14. The molecule has 4 aliphatic carbocycles. The molecule has 0 aromatic heterocycles. The zero-order chi connectivity index (χ0) is 18.7. The molecule has 0 heterocycles. The molecule has 8 atom stereocenters. The van der Waals surface area contributed by atoms with Gasteiger partial charge in [-0.25, -0.2) is 0 Å². The van der Waals surface area contributed by atoms with Crippen molar-refractivity contribution in [2.45, 2.75) is 111 Å². The van der Waals surface area contributed by atoms with Gasteiger partial charge in [0, 0.05) is 0 Å². The van der Waals surface area contributed by atoms with Crippen molar-refractivity contribution in [3.05, 3.63) is 0 Å². The summed E-state index contributed by atoms with van der Waals surface area (Å²) in [5, 5.41) is 11.5. The SMILES string of the molecule is CCC(C)(C)CC1CCC2C3CCC4CCCCC4(C)C3CC(O)C12C. The third kappa shape index (κ3) is 2.73. The quantitative estimate of drug-likeness (QED) is 0.584. The lowest BCUT2D eigenvalue weighted by Crippen LogP contribution is -2.57. The molecule has 0 spiro atoms. The molecule has 0 radical (unpaired) electrons. The Morgan fingerprint density at radius 3 is 2.46 bits per heavy atom. The molecule has 0 amide bonds. The lowest BCUT2D eigenvalue weighted by atomic mass is 9.44. The van der Waals surface area contributed by atoms with Gasteiger partial charge in [-0.1, -0.05) is 53.9 Å². The third-order valence-corrected chi connectivity index (χ3v) is 10.6. The predicted molar refractivity (Wildman–Crippen MR) is 110 cm³/mol. The van der Waals surface area contributed by atoms with Crippen molar-refractivity contribution in [1.82, 2.24) is 0 Å². The van der Waals surface area contributed by atoms with Crippen LogP contribution in [0.4, 0.5) is 0 Å². The van der Waals surface area contributed by atoms with Crippen LogP contribution >= 0.6 is 0 Å². The van der Waals surface area contributed by atoms with Crippen molar-refractivity contribution >= 4 is 0 Å². The summed E-state index contributed by atoms with van der Waals surface area (Å²) in [5.74, 6) is 4.17. The van der Waals surface area contributed by atoms with E-state index < -0.39 is 0 Å². The molecule has 4 fully saturated rings. The lowest BCUT2D eigenvalue weighted by Gasteiger charge is -2.62. The summed E-state index contributed by atoms with van der Waals surface area (Å²) in [6.45, 7) is 12.3. The highest BCUT2D eigenvalue weighted by Crippen LogP contribution is 2.68. The highest BCUT2D eigenvalue weighted by atomic mass is 16.3. The minimum absolute atomic E-state index is 0.0635. The van der Waals surface area contributed by atoms with E-state index in [0.29, 0.717) is 10.8 Å². The van der Waals surface area contributed by atoms with Gasteiger partial charge in [-0.15, -0.1) is 0 Å². The maximum absolute atomic E-state index is 11.5. The first-order chi connectivity index (χ1) is 12.2. The van der Waals surface area contributed by atoms with Crippen molar-refractivity contribution in [2.24, 2.45) is 45.8 Å². The van der Waals surface area contributed by atoms with Crippen LogP contribution in [0.1, 0.15) is 105 Å². The van der Waals surface area contributed by atoms with Crippen LogP contribution in [0.2, 0.25) is 0 Å². The van der Waals surface area contributed by atoms with Crippen molar-refractivity contribution in [3.63, 3.8) is 0 Å². The third-order valence-electron chi connectivity index (χ3n) is 10.6. The lowest BCUT2D eigenvalue weighted by molar-refractivity contribution is -0.166. The monoisotopic (exact) mass is 360 g/mol. The molecular formula is C25H44O. The van der Waals surface area contributed by atoms with E-state index in [1.165, 1.54) is 64.2 Å². The van der Waals surface area contributed by atoms with Gasteiger partial charge in [0.05, 0.1) is 6.10 Å². The Morgan fingerprint density at radius 1 is 0.962 bits per heavy atom. The van der Waals surface area contributed by atoms with Crippen molar-refractivity contribution < 1.29 is 5.11 Å². The van der Waals surface area contributed by atoms with Crippen molar-refractivity contribution in [3.8, 4) is 0 Å². The predicted octanol–water partition coefficient (Wildman–Crippen LogP) is 6.83. The highest BCUT2D eigenvalue weighted by Gasteiger charge is 2.63. The van der Waals surface area contributed by atoms with Gasteiger partial charge < -0.3 is 5.11 Å². The number of rotatable bonds is 3. The van der Waals surface area contributed by atoms with E-state index in [2.05, 4.69) is 34.6 Å². The van der Waals surface area contributed by atoms with E-state index in [1.807, 2.05) is 0 Å². The standard InChI is InChI=1S/C25H44O/c1-6-23(2,3)16-18-11-13-20-19-12-10-17-9-7-8-14-24(17,4)21(19)15-22(26)25(18,20)5/h17-22,26H,6-16H2,1-5H3. The number of aliphatic hydroxyl groups excluding tert-OH is 1. The zero-order valence-corrected chi connectivity index (χ0v) is 18.2. The fourth-order valence-electron chi connectivity index (χ4n) is 8.53. The maximum Gasteiger partial charge on any atom is 0.0602 e. The van der Waals surface area contributed by atoms with Crippen LogP contribution in [0.25, 0.3) is 0 Å². The Bertz CT molecular complexity index is 524. The van der Waals surface area contributed by atoms with Gasteiger partial charge in [0.2, 0.25) is 0 Å². The van der Waals surface area contributed by atoms with Crippen LogP contribution in [0.5, 0.6) is 0 Å². The molecule has 0 aromatic carbocycles. The molecule has 4 saturated carbocycles. The number of aliphatic hydroxyl groups is 1. The van der Waals surface area contributed by atoms with E-state index in [1.54, 1.807) is 0 Å². The molecule has 26 heavy (non-hydrogen) atoms. The van der Waals surface area contributed by atoms with Gasteiger partial charge in [0.1, 0.15) is 0 Å². The summed E-state index contributed by atoms with van der Waals surface area (Å²) >= 11 is 0. The summed E-state index contributed by atoms with van der Waals surface area (Å²) in [6.07, 6.45) is 15.1. The zero-order valence-electron chi connectivity index (χ0n) is 18.2. The molecule has 4 rings (SSSR count). The number of hydrogen-bond donors (Lipinski definition) is 1. The minimum atomic E-state index is -0.0635. The maximum atomic E-state index is 11.5. The Hall–Kier alpha value is -0.0400. The van der Waals surface area contributed by atoms with Gasteiger partial charge in [0.25, 0.3) is 0 Å². The van der Waals surface area contributed by atoms with E-state index in [-0.39, 0.29) is 11.5 Å². The summed E-state index contributed by atoms with van der Waals surface area (Å²) in [4.78, 5) is 0. The summed E-state index contributed by atoms with van der Waals surface area (Å²) in [7, 11) is 0. The Morgan fingerprint density at radius 2 is 1.73 bits per heavy atom. The summed E-state index contributed by atoms with van der Waals surface area (Å²) in [6, 6.07) is 0. The first-order valence-corrected chi connectivity index (χ1v) is 11.9. The molecule has 8 unspecified atom stereocenters. The van der Waals surface area contributed by atoms with E-state index in [0.717, 1.165) is 36.0 Å². The first kappa shape index (κ1) is 19.3. The molecule has 1 heteroatoms. The first-order valence-electron chi connectivity index (χ1n) is 11.9. The molecule has 0 aliphatic heterocycles. The number of fused-ring (bicyclic) bond motifs is 5. The molecular weight excluding hydrogens is 316 g/mol. The number of hydrogen-bond acceptors (Lipinski definition) is 1. The van der Waals surface area contributed by atoms with Gasteiger partial charge in [-0.05, 0) is 97.2 Å². The molecule has 0 saturated heterocycles. The average Bonchev–Trinajstić information content (AvgIpc) is 2.93. The fraction of sp³-hybridized carbons (Fsp3) is 1.00. The average molecular weight is 361 g/mol. The molecule has 0 aromatic rings. The van der Waals surface area contributed by atoms with Crippen LogP contribution in [0.15, 0.2) is 0 Å². The largest absolute Gasteiger partial charge is 0.393 e. The van der Waals surface area contributed by atoms with E-state index in [4.69, 9.17) is 0 Å². The topological polar surface area (TPSA) is 20.2 Å². The molecule has 4 aliphatic rings. The van der Waals surface area contributed by atoms with Crippen LogP contribution in [-0.2, 0) is 0 Å². The van der Waals surface area contributed by atoms with Gasteiger partial charge >= 0.3 is 0 Å². The van der Waals surface area contributed by atoms with Gasteiger partial charge in [-0.2, -0.15) is 0 Å². The van der Waals surface area contributed by atoms with Crippen LogP contribution in [0.3, 0.4) is 0 Å². The molecule has 1 N–H and O–H groups in total. The van der Waals surface area contributed by atoms with E-state index in [9.17, 15) is 5.11 Å². The van der Waals surface area contributed by atoms with Crippen LogP contribution in [-0.4, -0.2) is 11.2 Å². The second-order valence-electron chi connectivity index (χ2n) is 12.0. The van der Waals surface area contributed by atoms with Crippen molar-refractivity contribution in [1.29, 1.82) is 0 Å².